The van der Waals surface area contributed by atoms with Gasteiger partial charge in [-0.25, -0.2) is 4.39 Å². The summed E-state index contributed by atoms with van der Waals surface area (Å²) in [5.74, 6) is -0.290. The van der Waals surface area contributed by atoms with Crippen molar-refractivity contribution in [2.75, 3.05) is 17.3 Å². The summed E-state index contributed by atoms with van der Waals surface area (Å²) in [6.45, 7) is 3.93. The zero-order chi connectivity index (χ0) is 11.9. The number of hydrogen-bond acceptors (Lipinski definition) is 2. The van der Waals surface area contributed by atoms with Gasteiger partial charge in [-0.3, -0.25) is 4.79 Å². The van der Waals surface area contributed by atoms with Gasteiger partial charge in [-0.05, 0) is 18.1 Å². The van der Waals surface area contributed by atoms with Gasteiger partial charge in [0.05, 0.1) is 5.69 Å². The summed E-state index contributed by atoms with van der Waals surface area (Å²) in [6.07, 6.45) is 0. The second-order valence-corrected chi connectivity index (χ2v) is 4.40. The van der Waals surface area contributed by atoms with Crippen LogP contribution in [0.25, 0.3) is 0 Å². The molecule has 1 atom stereocenters. The van der Waals surface area contributed by atoms with E-state index < -0.39 is 0 Å². The van der Waals surface area contributed by atoms with Crippen LogP contribution in [0.4, 0.5) is 15.8 Å². The van der Waals surface area contributed by atoms with Gasteiger partial charge in [0.1, 0.15) is 17.5 Å². The number of anilines is 2. The number of carbonyl (C=O) groups is 1. The van der Waals surface area contributed by atoms with Crippen LogP contribution in [0, 0.1) is 11.7 Å². The summed E-state index contributed by atoms with van der Waals surface area (Å²) in [5, 5.41) is 3.09. The molecule has 0 radical (unpaired) electrons. The lowest BCUT2D eigenvalue weighted by Gasteiger charge is -2.34. The Bertz CT molecular complexity index is 431. The summed E-state index contributed by atoms with van der Waals surface area (Å²) in [7, 11) is 1.61. The van der Waals surface area contributed by atoms with Crippen LogP contribution in [0.5, 0.6) is 0 Å². The number of halogens is 1. The van der Waals surface area contributed by atoms with Gasteiger partial charge < -0.3 is 10.2 Å². The number of likely N-dealkylation sites (N-methyl/N-ethyl adjacent to an activating group) is 1. The first-order valence-electron chi connectivity index (χ1n) is 5.35. The van der Waals surface area contributed by atoms with Crippen molar-refractivity contribution in [3.05, 3.63) is 24.0 Å². The van der Waals surface area contributed by atoms with E-state index in [0.717, 1.165) is 0 Å². The maximum atomic E-state index is 13.6. The average Bonchev–Trinajstić information content (AvgIpc) is 2.22. The number of rotatable bonds is 1. The van der Waals surface area contributed by atoms with Crippen molar-refractivity contribution in [3.63, 3.8) is 0 Å². The van der Waals surface area contributed by atoms with Gasteiger partial charge in [-0.2, -0.15) is 0 Å². The fraction of sp³-hybridized carbons (Fsp3) is 0.417. The summed E-state index contributed by atoms with van der Waals surface area (Å²) in [5.41, 5.74) is 1.02. The van der Waals surface area contributed by atoms with Crippen LogP contribution in [0.15, 0.2) is 18.2 Å². The molecule has 1 heterocycles. The lowest BCUT2D eigenvalue weighted by molar-refractivity contribution is -0.120. The van der Waals surface area contributed by atoms with Crippen LogP contribution < -0.4 is 10.2 Å². The number of benzene rings is 1. The monoisotopic (exact) mass is 222 g/mol. The minimum atomic E-state index is -0.372. The van der Waals surface area contributed by atoms with E-state index in [1.807, 2.05) is 13.8 Å². The van der Waals surface area contributed by atoms with Gasteiger partial charge in [-0.1, -0.05) is 19.9 Å². The third-order valence-corrected chi connectivity index (χ3v) is 2.90. The first-order chi connectivity index (χ1) is 7.52. The zero-order valence-corrected chi connectivity index (χ0v) is 9.62. The predicted octanol–water partition coefficient (Wildman–Crippen LogP) is 2.24. The maximum absolute atomic E-state index is 13.6. The number of nitrogens with one attached hydrogen (secondary N) is 1. The van der Waals surface area contributed by atoms with Crippen molar-refractivity contribution >= 4 is 17.3 Å². The van der Waals surface area contributed by atoms with Gasteiger partial charge in [-0.15, -0.1) is 0 Å². The number of para-hydroxylation sites is 1. The van der Waals surface area contributed by atoms with Crippen LogP contribution in [-0.4, -0.2) is 19.0 Å². The molecular formula is C12H15FN2O. The molecule has 0 aliphatic carbocycles. The highest BCUT2D eigenvalue weighted by Crippen LogP contribution is 2.34. The van der Waals surface area contributed by atoms with E-state index in [9.17, 15) is 9.18 Å². The normalized spacial score (nSPS) is 19.7. The molecule has 1 aromatic rings. The van der Waals surface area contributed by atoms with Crippen molar-refractivity contribution in [2.24, 2.45) is 5.92 Å². The van der Waals surface area contributed by atoms with Crippen molar-refractivity contribution in [1.29, 1.82) is 0 Å². The summed E-state index contributed by atoms with van der Waals surface area (Å²) < 4.78 is 13.6. The lowest BCUT2D eigenvalue weighted by Crippen LogP contribution is -2.48. The van der Waals surface area contributed by atoms with Crippen LogP contribution >= 0.6 is 0 Å². The standard InChI is InChI=1S/C12H15FN2O/c1-7(2)10-12(16)15(3)11-8(13)5-4-6-9(11)14-10/h4-7,10,14H,1-3H3. The maximum Gasteiger partial charge on any atom is 0.249 e. The second kappa shape index (κ2) is 3.77. The quantitative estimate of drug-likeness (QED) is 0.790. The summed E-state index contributed by atoms with van der Waals surface area (Å²) in [4.78, 5) is 13.4. The van der Waals surface area contributed by atoms with Crippen molar-refractivity contribution in [2.45, 2.75) is 19.9 Å². The fourth-order valence-electron chi connectivity index (χ4n) is 1.97. The highest BCUT2D eigenvalue weighted by atomic mass is 19.1. The lowest BCUT2D eigenvalue weighted by atomic mass is 9.99. The Kier molecular flexibility index (Phi) is 2.58. The molecule has 0 saturated heterocycles. The molecule has 1 unspecified atom stereocenters. The summed E-state index contributed by atoms with van der Waals surface area (Å²) in [6, 6.07) is 4.51. The van der Waals surface area contributed by atoms with E-state index in [0.29, 0.717) is 11.4 Å². The first kappa shape index (κ1) is 10.9. The highest BCUT2D eigenvalue weighted by molar-refractivity contribution is 6.04. The molecular weight excluding hydrogens is 207 g/mol. The Balaban J connectivity index is 2.48. The number of nitrogens with zero attached hydrogens (tertiary/aromatic N) is 1. The van der Waals surface area contributed by atoms with Crippen LogP contribution in [-0.2, 0) is 4.79 Å². The number of amides is 1. The van der Waals surface area contributed by atoms with Gasteiger partial charge >= 0.3 is 0 Å². The van der Waals surface area contributed by atoms with Crippen molar-refractivity contribution in [1.82, 2.24) is 0 Å². The van der Waals surface area contributed by atoms with E-state index in [1.165, 1.54) is 11.0 Å². The number of hydrogen-bond donors (Lipinski definition) is 1. The van der Waals surface area contributed by atoms with E-state index in [-0.39, 0.29) is 23.7 Å². The SMILES string of the molecule is CC(C)C1Nc2cccc(F)c2N(C)C1=O. The molecule has 0 bridgehead atoms. The van der Waals surface area contributed by atoms with Crippen LogP contribution in [0.1, 0.15) is 13.8 Å². The molecule has 0 aromatic heterocycles. The summed E-state index contributed by atoms with van der Waals surface area (Å²) >= 11 is 0. The smallest absolute Gasteiger partial charge is 0.249 e. The number of fused-ring (bicyclic) bond motifs is 1. The fourth-order valence-corrected chi connectivity index (χ4v) is 1.97. The molecule has 0 spiro atoms. The van der Waals surface area contributed by atoms with Gasteiger partial charge in [0.25, 0.3) is 0 Å². The minimum Gasteiger partial charge on any atom is -0.372 e. The van der Waals surface area contributed by atoms with Crippen LogP contribution in [0.3, 0.4) is 0 Å². The van der Waals surface area contributed by atoms with E-state index in [1.54, 1.807) is 19.2 Å². The molecule has 1 aliphatic rings. The Hall–Kier alpha value is -1.58. The van der Waals surface area contributed by atoms with Crippen molar-refractivity contribution < 1.29 is 9.18 Å². The Labute approximate surface area is 94.3 Å². The Morgan fingerprint density at radius 1 is 1.44 bits per heavy atom. The molecule has 1 N–H and O–H groups in total. The molecule has 3 nitrogen and oxygen atoms in total. The van der Waals surface area contributed by atoms with E-state index in [4.69, 9.17) is 0 Å². The van der Waals surface area contributed by atoms with Gasteiger partial charge in [0, 0.05) is 7.05 Å². The molecule has 1 aromatic carbocycles. The number of carbonyl (C=O) groups excluding carboxylic acids is 1. The minimum absolute atomic E-state index is 0.0902. The largest absolute Gasteiger partial charge is 0.372 e. The molecule has 4 heteroatoms. The average molecular weight is 222 g/mol. The van der Waals surface area contributed by atoms with Gasteiger partial charge in [0.15, 0.2) is 0 Å². The predicted molar refractivity (Wildman–Crippen MR) is 62.1 cm³/mol. The molecule has 2 rings (SSSR count). The topological polar surface area (TPSA) is 32.3 Å². The third-order valence-electron chi connectivity index (χ3n) is 2.90. The molecule has 0 saturated carbocycles. The highest BCUT2D eigenvalue weighted by Gasteiger charge is 2.33. The molecule has 0 fully saturated rings. The Morgan fingerprint density at radius 3 is 2.75 bits per heavy atom. The second-order valence-electron chi connectivity index (χ2n) is 4.40. The van der Waals surface area contributed by atoms with Gasteiger partial charge in [0.2, 0.25) is 5.91 Å². The third kappa shape index (κ3) is 1.54. The van der Waals surface area contributed by atoms with E-state index in [2.05, 4.69) is 5.32 Å². The Morgan fingerprint density at radius 2 is 2.12 bits per heavy atom. The zero-order valence-electron chi connectivity index (χ0n) is 9.62. The molecule has 1 amide bonds. The van der Waals surface area contributed by atoms with E-state index >= 15 is 0 Å². The van der Waals surface area contributed by atoms with Crippen LogP contribution in [0.2, 0.25) is 0 Å². The first-order valence-corrected chi connectivity index (χ1v) is 5.35. The van der Waals surface area contributed by atoms with Crippen molar-refractivity contribution in [3.8, 4) is 0 Å². The molecule has 86 valence electrons. The molecule has 16 heavy (non-hydrogen) atoms. The molecule has 1 aliphatic heterocycles.